The lowest BCUT2D eigenvalue weighted by Gasteiger charge is -2.28. The second-order valence-corrected chi connectivity index (χ2v) is 9.67. The van der Waals surface area contributed by atoms with E-state index in [1.807, 2.05) is 84.9 Å². The number of carbonyl (C=O) groups excluding carboxylic acids is 3. The largest absolute Gasteiger partial charge is 0.451 e. The van der Waals surface area contributed by atoms with Crippen molar-refractivity contribution in [1.82, 2.24) is 9.80 Å². The van der Waals surface area contributed by atoms with Crippen LogP contribution in [0.5, 0.6) is 5.75 Å². The average Bonchev–Trinajstić information content (AvgIpc) is 3.39. The Labute approximate surface area is 220 Å². The van der Waals surface area contributed by atoms with Crippen molar-refractivity contribution in [1.29, 1.82) is 0 Å². The van der Waals surface area contributed by atoms with Crippen LogP contribution in [-0.2, 0) is 32.2 Å². The maximum Gasteiger partial charge on any atom is 0.308 e. The SMILES string of the molecule is CC(=O)OC1=C(C2C3=C(Oc4ccccc42)C(=O)N(Cc2ccccc2)C3)CN(Cc2ccccc2)C1=O. The van der Waals surface area contributed by atoms with E-state index in [1.165, 1.54) is 6.92 Å². The summed E-state index contributed by atoms with van der Waals surface area (Å²) in [6, 6.07) is 27.0. The summed E-state index contributed by atoms with van der Waals surface area (Å²) in [5.41, 5.74) is 4.27. The molecule has 38 heavy (non-hydrogen) atoms. The lowest BCUT2D eigenvalue weighted by atomic mass is 9.82. The monoisotopic (exact) mass is 506 g/mol. The van der Waals surface area contributed by atoms with Gasteiger partial charge in [0.2, 0.25) is 0 Å². The van der Waals surface area contributed by atoms with Crippen LogP contribution in [0.25, 0.3) is 0 Å². The Morgan fingerprint density at radius 3 is 1.97 bits per heavy atom. The summed E-state index contributed by atoms with van der Waals surface area (Å²) >= 11 is 0. The molecule has 3 aromatic carbocycles. The number of nitrogens with zero attached hydrogens (tertiary/aromatic N) is 2. The first-order valence-corrected chi connectivity index (χ1v) is 12.6. The first-order chi connectivity index (χ1) is 18.5. The van der Waals surface area contributed by atoms with Crippen molar-refractivity contribution in [2.75, 3.05) is 13.1 Å². The molecule has 6 rings (SSSR count). The van der Waals surface area contributed by atoms with Gasteiger partial charge in [-0.15, -0.1) is 0 Å². The fourth-order valence-electron chi connectivity index (χ4n) is 5.44. The summed E-state index contributed by atoms with van der Waals surface area (Å²) in [6.07, 6.45) is 0. The van der Waals surface area contributed by atoms with Crippen molar-refractivity contribution in [2.24, 2.45) is 0 Å². The number of amides is 2. The van der Waals surface area contributed by atoms with E-state index in [0.29, 0.717) is 31.0 Å². The van der Waals surface area contributed by atoms with E-state index in [9.17, 15) is 14.4 Å². The summed E-state index contributed by atoms with van der Waals surface area (Å²) in [5.74, 6) is -0.632. The van der Waals surface area contributed by atoms with Crippen LogP contribution >= 0.6 is 0 Å². The highest BCUT2D eigenvalue weighted by Gasteiger charge is 2.46. The summed E-state index contributed by atoms with van der Waals surface area (Å²) in [4.78, 5) is 42.6. The fourth-order valence-corrected chi connectivity index (χ4v) is 5.44. The van der Waals surface area contributed by atoms with Crippen LogP contribution in [0.15, 0.2) is 108 Å². The Morgan fingerprint density at radius 2 is 1.34 bits per heavy atom. The van der Waals surface area contributed by atoms with Crippen molar-refractivity contribution >= 4 is 17.8 Å². The summed E-state index contributed by atoms with van der Waals surface area (Å²) in [5, 5.41) is 0. The number of esters is 1. The van der Waals surface area contributed by atoms with Crippen molar-refractivity contribution < 1.29 is 23.9 Å². The molecule has 7 heteroatoms. The van der Waals surface area contributed by atoms with E-state index in [4.69, 9.17) is 9.47 Å². The molecule has 7 nitrogen and oxygen atoms in total. The standard InChI is InChI=1S/C31H26N2O5/c1-20(34)37-28-24(18-32(30(28)35)16-21-10-4-2-5-11-21)27-23-14-8-9-15-26(23)38-29-25(27)19-33(31(29)36)17-22-12-6-3-7-13-22/h2-15,27H,16-19H2,1H3. The number of benzene rings is 3. The van der Waals surface area contributed by atoms with Gasteiger partial charge in [-0.1, -0.05) is 78.9 Å². The highest BCUT2D eigenvalue weighted by atomic mass is 16.5. The Balaban J connectivity index is 1.40. The number of fused-ring (bicyclic) bond motifs is 1. The third-order valence-corrected chi connectivity index (χ3v) is 7.09. The summed E-state index contributed by atoms with van der Waals surface area (Å²) in [7, 11) is 0. The number of ether oxygens (including phenoxy) is 2. The first kappa shape index (κ1) is 23.7. The van der Waals surface area contributed by atoms with Crippen LogP contribution in [0, 0.1) is 0 Å². The van der Waals surface area contributed by atoms with Crippen molar-refractivity contribution in [3.05, 3.63) is 124 Å². The van der Waals surface area contributed by atoms with Crippen LogP contribution in [-0.4, -0.2) is 40.7 Å². The summed E-state index contributed by atoms with van der Waals surface area (Å²) in [6.45, 7) is 2.74. The highest BCUT2D eigenvalue weighted by molar-refractivity contribution is 5.99. The van der Waals surface area contributed by atoms with Crippen LogP contribution in [0.3, 0.4) is 0 Å². The molecule has 0 N–H and O–H groups in total. The molecule has 0 fully saturated rings. The Morgan fingerprint density at radius 1 is 0.789 bits per heavy atom. The van der Waals surface area contributed by atoms with Crippen molar-refractivity contribution in [3.63, 3.8) is 0 Å². The zero-order valence-electron chi connectivity index (χ0n) is 20.9. The Bertz CT molecular complexity index is 1490. The molecule has 2 amide bonds. The van der Waals surface area contributed by atoms with Crippen LogP contribution in [0.1, 0.15) is 29.5 Å². The fraction of sp³-hybridized carbons (Fsp3) is 0.194. The lowest BCUT2D eigenvalue weighted by Crippen LogP contribution is -2.28. The van der Waals surface area contributed by atoms with E-state index in [1.54, 1.807) is 9.80 Å². The molecule has 0 aromatic heterocycles. The van der Waals surface area contributed by atoms with Gasteiger partial charge >= 0.3 is 5.97 Å². The zero-order chi connectivity index (χ0) is 26.2. The van der Waals surface area contributed by atoms with Crippen LogP contribution in [0.2, 0.25) is 0 Å². The molecule has 190 valence electrons. The third kappa shape index (κ3) is 4.26. The third-order valence-electron chi connectivity index (χ3n) is 7.09. The predicted molar refractivity (Wildman–Crippen MR) is 139 cm³/mol. The second-order valence-electron chi connectivity index (χ2n) is 9.67. The van der Waals surface area contributed by atoms with Gasteiger partial charge in [0.15, 0.2) is 11.5 Å². The molecule has 3 aromatic rings. The molecular weight excluding hydrogens is 480 g/mol. The van der Waals surface area contributed by atoms with Gasteiger partial charge in [-0.2, -0.15) is 0 Å². The maximum absolute atomic E-state index is 13.5. The van der Waals surface area contributed by atoms with Gasteiger partial charge in [-0.3, -0.25) is 14.4 Å². The molecule has 3 aliphatic heterocycles. The molecular formula is C31H26N2O5. The minimum atomic E-state index is -0.560. The second kappa shape index (κ2) is 9.67. The smallest absolute Gasteiger partial charge is 0.308 e. The lowest BCUT2D eigenvalue weighted by molar-refractivity contribution is -0.142. The minimum absolute atomic E-state index is 0.0379. The van der Waals surface area contributed by atoms with Gasteiger partial charge in [0, 0.05) is 55.7 Å². The normalized spacial score (nSPS) is 18.5. The quantitative estimate of drug-likeness (QED) is 0.466. The molecule has 0 saturated heterocycles. The van der Waals surface area contributed by atoms with Gasteiger partial charge < -0.3 is 19.3 Å². The van der Waals surface area contributed by atoms with E-state index in [0.717, 1.165) is 22.3 Å². The van der Waals surface area contributed by atoms with E-state index >= 15 is 0 Å². The highest BCUT2D eigenvalue weighted by Crippen LogP contribution is 2.48. The van der Waals surface area contributed by atoms with Gasteiger partial charge in [0.25, 0.3) is 11.8 Å². The number of hydrogen-bond acceptors (Lipinski definition) is 5. The minimum Gasteiger partial charge on any atom is -0.451 e. The van der Waals surface area contributed by atoms with Crippen molar-refractivity contribution in [2.45, 2.75) is 25.9 Å². The van der Waals surface area contributed by atoms with Gasteiger partial charge in [0.05, 0.1) is 0 Å². The van der Waals surface area contributed by atoms with E-state index in [2.05, 4.69) is 0 Å². The number of para-hydroxylation sites is 1. The molecule has 3 aliphatic rings. The number of hydrogen-bond donors (Lipinski definition) is 0. The van der Waals surface area contributed by atoms with E-state index in [-0.39, 0.29) is 29.9 Å². The topological polar surface area (TPSA) is 76.2 Å². The van der Waals surface area contributed by atoms with Gasteiger partial charge in [0.1, 0.15) is 5.75 Å². The Kier molecular flexibility index (Phi) is 6.04. The Hall–Kier alpha value is -4.65. The average molecular weight is 507 g/mol. The molecule has 0 aliphatic carbocycles. The van der Waals surface area contributed by atoms with Gasteiger partial charge in [-0.05, 0) is 17.2 Å². The van der Waals surface area contributed by atoms with Crippen molar-refractivity contribution in [3.8, 4) is 5.75 Å². The molecule has 0 spiro atoms. The maximum atomic E-state index is 13.5. The van der Waals surface area contributed by atoms with Crippen LogP contribution in [0.4, 0.5) is 0 Å². The molecule has 3 heterocycles. The summed E-state index contributed by atoms with van der Waals surface area (Å²) < 4.78 is 11.7. The molecule has 0 saturated carbocycles. The van der Waals surface area contributed by atoms with Crippen LogP contribution < -0.4 is 4.74 Å². The number of carbonyl (C=O) groups is 3. The zero-order valence-corrected chi connectivity index (χ0v) is 20.9. The molecule has 0 bridgehead atoms. The van der Waals surface area contributed by atoms with E-state index < -0.39 is 11.9 Å². The van der Waals surface area contributed by atoms with Gasteiger partial charge in [-0.25, -0.2) is 0 Å². The molecule has 1 unspecified atom stereocenters. The molecule has 0 radical (unpaired) electrons. The first-order valence-electron chi connectivity index (χ1n) is 12.6. The number of rotatable bonds is 6. The predicted octanol–water partition coefficient (Wildman–Crippen LogP) is 4.32. The molecule has 1 atom stereocenters.